The van der Waals surface area contributed by atoms with Crippen molar-refractivity contribution >= 4 is 5.91 Å². The maximum absolute atomic E-state index is 11.5. The van der Waals surface area contributed by atoms with Gasteiger partial charge in [0.15, 0.2) is 0 Å². The molecular weight excluding hydrogens is 306 g/mol. The molecule has 5 heteroatoms. The van der Waals surface area contributed by atoms with Gasteiger partial charge in [-0.25, -0.2) is 0 Å². The lowest BCUT2D eigenvalue weighted by molar-refractivity contribution is -0.126. The average molecular weight is 346 g/mol. The first-order valence-electron chi connectivity index (χ1n) is 9.56. The molecule has 0 spiro atoms. The van der Waals surface area contributed by atoms with E-state index in [1.807, 2.05) is 0 Å². The van der Waals surface area contributed by atoms with Gasteiger partial charge in [0.25, 0.3) is 0 Å². The molecule has 5 nitrogen and oxygen atoms in total. The minimum Gasteiger partial charge on any atom is -0.379 e. The summed E-state index contributed by atoms with van der Waals surface area (Å²) in [5, 5.41) is 2.86. The van der Waals surface area contributed by atoms with E-state index in [1.165, 1.54) is 12.8 Å². The predicted molar refractivity (Wildman–Crippen MR) is 98.2 cm³/mol. The molecule has 1 N–H and O–H groups in total. The summed E-state index contributed by atoms with van der Waals surface area (Å²) >= 11 is 0. The van der Waals surface area contributed by atoms with Gasteiger partial charge in [-0.05, 0) is 37.5 Å². The summed E-state index contributed by atoms with van der Waals surface area (Å²) in [5.41, 5.74) is 0. The molecule has 0 bridgehead atoms. The van der Waals surface area contributed by atoms with Crippen LogP contribution in [0.25, 0.3) is 0 Å². The van der Waals surface area contributed by atoms with E-state index in [0.29, 0.717) is 32.3 Å². The van der Waals surface area contributed by atoms with Crippen LogP contribution in [-0.2, 0) is 19.0 Å². The molecule has 0 aliphatic carbocycles. The molecule has 0 aliphatic rings. The topological polar surface area (TPSA) is 56.8 Å². The van der Waals surface area contributed by atoms with Crippen molar-refractivity contribution in [2.45, 2.75) is 59.8 Å². The van der Waals surface area contributed by atoms with Gasteiger partial charge in [-0.2, -0.15) is 0 Å². The fourth-order valence-corrected chi connectivity index (χ4v) is 2.13. The lowest BCUT2D eigenvalue weighted by Gasteiger charge is -2.09. The Morgan fingerprint density at radius 2 is 1.50 bits per heavy atom. The van der Waals surface area contributed by atoms with Gasteiger partial charge in [0.1, 0.15) is 6.61 Å². The number of carbonyl (C=O) groups excluding carboxylic acids is 1. The highest BCUT2D eigenvalue weighted by molar-refractivity contribution is 5.77. The Kier molecular flexibility index (Phi) is 16.7. The number of hydrogen-bond acceptors (Lipinski definition) is 4. The lowest BCUT2D eigenvalue weighted by Crippen LogP contribution is -2.29. The van der Waals surface area contributed by atoms with Crippen molar-refractivity contribution in [1.82, 2.24) is 5.32 Å². The predicted octanol–water partition coefficient (Wildman–Crippen LogP) is 3.41. The van der Waals surface area contributed by atoms with Crippen molar-refractivity contribution in [1.29, 1.82) is 0 Å². The van der Waals surface area contributed by atoms with Crippen LogP contribution in [0.15, 0.2) is 0 Å². The molecule has 1 unspecified atom stereocenters. The molecule has 0 aromatic heterocycles. The van der Waals surface area contributed by atoms with Crippen molar-refractivity contribution in [3.63, 3.8) is 0 Å². The second-order valence-electron chi connectivity index (χ2n) is 6.82. The van der Waals surface area contributed by atoms with E-state index in [2.05, 4.69) is 33.0 Å². The molecule has 1 atom stereocenters. The highest BCUT2D eigenvalue weighted by Crippen LogP contribution is 2.08. The summed E-state index contributed by atoms with van der Waals surface area (Å²) in [7, 11) is 0. The van der Waals surface area contributed by atoms with E-state index in [9.17, 15) is 4.79 Å². The van der Waals surface area contributed by atoms with Crippen LogP contribution < -0.4 is 5.32 Å². The van der Waals surface area contributed by atoms with E-state index in [-0.39, 0.29) is 12.5 Å². The molecule has 0 rings (SSSR count). The molecular formula is C19H39NO4. The zero-order valence-corrected chi connectivity index (χ0v) is 16.3. The number of hydrogen-bond donors (Lipinski definition) is 1. The summed E-state index contributed by atoms with van der Waals surface area (Å²) in [6.07, 6.45) is 5.73. The SMILES string of the molecule is CCC(C)CCCOCCOCCOCC(=O)NCCCC(C)C. The van der Waals surface area contributed by atoms with Crippen LogP contribution in [-0.4, -0.2) is 52.1 Å². The first-order valence-corrected chi connectivity index (χ1v) is 9.56. The molecule has 0 aliphatic heterocycles. The van der Waals surface area contributed by atoms with Crippen molar-refractivity contribution in [2.24, 2.45) is 11.8 Å². The summed E-state index contributed by atoms with van der Waals surface area (Å²) in [6.45, 7) is 12.6. The van der Waals surface area contributed by atoms with Crippen LogP contribution in [0, 0.1) is 11.8 Å². The third-order valence-corrected chi connectivity index (χ3v) is 3.94. The highest BCUT2D eigenvalue weighted by atomic mass is 16.5. The number of ether oxygens (including phenoxy) is 3. The molecule has 1 amide bonds. The molecule has 0 heterocycles. The minimum absolute atomic E-state index is 0.0524. The van der Waals surface area contributed by atoms with Crippen molar-refractivity contribution < 1.29 is 19.0 Å². The summed E-state index contributed by atoms with van der Waals surface area (Å²) < 4.78 is 16.2. The molecule has 0 fully saturated rings. The maximum atomic E-state index is 11.5. The zero-order valence-electron chi connectivity index (χ0n) is 16.3. The van der Waals surface area contributed by atoms with Crippen LogP contribution in [0.5, 0.6) is 0 Å². The molecule has 0 saturated heterocycles. The summed E-state index contributed by atoms with van der Waals surface area (Å²) in [6, 6.07) is 0. The third-order valence-electron chi connectivity index (χ3n) is 3.94. The van der Waals surface area contributed by atoms with Gasteiger partial charge in [0.2, 0.25) is 5.91 Å². The van der Waals surface area contributed by atoms with Gasteiger partial charge >= 0.3 is 0 Å². The van der Waals surface area contributed by atoms with Crippen molar-refractivity contribution in [3.05, 3.63) is 0 Å². The Bertz CT molecular complexity index is 285. The van der Waals surface area contributed by atoms with Gasteiger partial charge in [-0.3, -0.25) is 4.79 Å². The molecule has 144 valence electrons. The standard InChI is InChI=1S/C19H39NO4/c1-5-18(4)9-7-11-22-12-13-23-14-15-24-16-19(21)20-10-6-8-17(2)3/h17-18H,5-16H2,1-4H3,(H,20,21). The fraction of sp³-hybridized carbons (Fsp3) is 0.947. The van der Waals surface area contributed by atoms with Crippen LogP contribution in [0.1, 0.15) is 59.8 Å². The van der Waals surface area contributed by atoms with Gasteiger partial charge in [-0.1, -0.05) is 34.1 Å². The van der Waals surface area contributed by atoms with E-state index in [4.69, 9.17) is 14.2 Å². The molecule has 0 aromatic carbocycles. The Hall–Kier alpha value is -0.650. The monoisotopic (exact) mass is 345 g/mol. The van der Waals surface area contributed by atoms with E-state index >= 15 is 0 Å². The van der Waals surface area contributed by atoms with Crippen LogP contribution in [0.3, 0.4) is 0 Å². The number of amides is 1. The smallest absolute Gasteiger partial charge is 0.245 e. The zero-order chi connectivity index (χ0) is 18.0. The Morgan fingerprint density at radius 3 is 2.12 bits per heavy atom. The van der Waals surface area contributed by atoms with Crippen LogP contribution in [0.4, 0.5) is 0 Å². The van der Waals surface area contributed by atoms with E-state index in [0.717, 1.165) is 38.3 Å². The molecule has 24 heavy (non-hydrogen) atoms. The number of nitrogens with one attached hydrogen (secondary N) is 1. The van der Waals surface area contributed by atoms with Gasteiger partial charge in [0.05, 0.1) is 26.4 Å². The van der Waals surface area contributed by atoms with Crippen molar-refractivity contribution in [3.8, 4) is 0 Å². The van der Waals surface area contributed by atoms with Gasteiger partial charge in [0, 0.05) is 13.2 Å². The second kappa shape index (κ2) is 17.2. The van der Waals surface area contributed by atoms with Gasteiger partial charge < -0.3 is 19.5 Å². The lowest BCUT2D eigenvalue weighted by atomic mass is 10.0. The first kappa shape index (κ1) is 23.4. The molecule has 0 radical (unpaired) electrons. The number of rotatable bonds is 17. The second-order valence-corrected chi connectivity index (χ2v) is 6.82. The summed E-state index contributed by atoms with van der Waals surface area (Å²) in [5.74, 6) is 1.41. The van der Waals surface area contributed by atoms with Crippen molar-refractivity contribution in [2.75, 3.05) is 46.2 Å². The summed E-state index contributed by atoms with van der Waals surface area (Å²) in [4.78, 5) is 11.5. The third kappa shape index (κ3) is 17.7. The average Bonchev–Trinajstić information content (AvgIpc) is 2.56. The minimum atomic E-state index is -0.0524. The highest BCUT2D eigenvalue weighted by Gasteiger charge is 2.01. The number of carbonyl (C=O) groups is 1. The van der Waals surface area contributed by atoms with E-state index < -0.39 is 0 Å². The largest absolute Gasteiger partial charge is 0.379 e. The molecule has 0 aromatic rings. The van der Waals surface area contributed by atoms with Gasteiger partial charge in [-0.15, -0.1) is 0 Å². The quantitative estimate of drug-likeness (QED) is 0.410. The first-order chi connectivity index (χ1) is 11.6. The van der Waals surface area contributed by atoms with Crippen LogP contribution in [0.2, 0.25) is 0 Å². The Labute approximate surface area is 148 Å². The van der Waals surface area contributed by atoms with Crippen LogP contribution >= 0.6 is 0 Å². The Morgan fingerprint density at radius 1 is 0.875 bits per heavy atom. The maximum Gasteiger partial charge on any atom is 0.245 e. The Balaban J connectivity index is 3.18. The van der Waals surface area contributed by atoms with E-state index in [1.54, 1.807) is 0 Å². The fourth-order valence-electron chi connectivity index (χ4n) is 2.13. The normalized spacial score (nSPS) is 12.5. The molecule has 0 saturated carbocycles.